The molecule has 1 aromatic carbocycles. The maximum absolute atomic E-state index is 12.7. The first-order valence-corrected chi connectivity index (χ1v) is 9.20. The molecule has 24 heavy (non-hydrogen) atoms. The van der Waals surface area contributed by atoms with Crippen molar-refractivity contribution in [1.29, 1.82) is 0 Å². The van der Waals surface area contributed by atoms with Gasteiger partial charge in [0.05, 0.1) is 18.3 Å². The van der Waals surface area contributed by atoms with Gasteiger partial charge in [0.1, 0.15) is 0 Å². The number of hydrogen-bond acceptors (Lipinski definition) is 5. The zero-order valence-corrected chi connectivity index (χ0v) is 14.7. The van der Waals surface area contributed by atoms with Gasteiger partial charge in [0.25, 0.3) is 5.24 Å². The minimum atomic E-state index is -0.749. The van der Waals surface area contributed by atoms with E-state index >= 15 is 0 Å². The van der Waals surface area contributed by atoms with Crippen molar-refractivity contribution in [2.75, 3.05) is 19.7 Å². The molecule has 1 aromatic rings. The molecule has 0 aromatic heterocycles. The summed E-state index contributed by atoms with van der Waals surface area (Å²) in [4.78, 5) is 38.8. The van der Waals surface area contributed by atoms with E-state index in [9.17, 15) is 14.4 Å². The highest BCUT2D eigenvalue weighted by molar-refractivity contribution is 8.14. The molecule has 0 aliphatic carbocycles. The summed E-state index contributed by atoms with van der Waals surface area (Å²) in [5, 5.41) is -0.880. The lowest BCUT2D eigenvalue weighted by molar-refractivity contribution is -0.142. The fraction of sp³-hybridized carbons (Fsp3) is 0.500. The summed E-state index contributed by atoms with van der Waals surface area (Å²) in [6.07, 6.45) is 3.01. The highest BCUT2D eigenvalue weighted by Gasteiger charge is 2.29. The van der Waals surface area contributed by atoms with E-state index in [2.05, 4.69) is 0 Å². The van der Waals surface area contributed by atoms with Crippen molar-refractivity contribution in [3.63, 3.8) is 0 Å². The van der Waals surface area contributed by atoms with E-state index in [-0.39, 0.29) is 24.1 Å². The van der Waals surface area contributed by atoms with Crippen molar-refractivity contribution in [1.82, 2.24) is 4.90 Å². The van der Waals surface area contributed by atoms with E-state index in [1.54, 1.807) is 36.1 Å². The van der Waals surface area contributed by atoms with Crippen LogP contribution in [-0.4, -0.2) is 46.8 Å². The Morgan fingerprint density at radius 2 is 1.79 bits per heavy atom. The maximum Gasteiger partial charge on any atom is 0.307 e. The Morgan fingerprint density at radius 3 is 2.42 bits per heavy atom. The predicted octanol–water partition coefficient (Wildman–Crippen LogP) is 3.53. The first-order valence-electron chi connectivity index (χ1n) is 8.32. The molecule has 0 spiro atoms. The lowest BCUT2D eigenvalue weighted by Crippen LogP contribution is -2.35. The minimum Gasteiger partial charge on any atom is -0.466 e. The Hall–Kier alpha value is -1.82. The second-order valence-corrected chi connectivity index (χ2v) is 6.81. The Balaban J connectivity index is 2.08. The highest BCUT2D eigenvalue weighted by atomic mass is 32.2. The van der Waals surface area contributed by atoms with Crippen LogP contribution in [0.3, 0.4) is 0 Å². The average Bonchev–Trinajstić information content (AvgIpc) is 2.62. The van der Waals surface area contributed by atoms with E-state index in [0.717, 1.165) is 44.1 Å². The van der Waals surface area contributed by atoms with Crippen molar-refractivity contribution in [2.24, 2.45) is 0 Å². The number of thioether (sulfide) groups is 1. The molecule has 0 radical (unpaired) electrons. The van der Waals surface area contributed by atoms with Gasteiger partial charge in [0, 0.05) is 18.7 Å². The minimum absolute atomic E-state index is 0.0915. The number of Topliss-reactive ketones (excluding diaryl/α,β-unsaturated/α-hetero) is 1. The third-order valence-corrected chi connectivity index (χ3v) is 4.99. The SMILES string of the molecule is CCOC(=O)CC(SC(=O)N1CCCCC1)C(=O)c1ccccc1. The second kappa shape index (κ2) is 9.47. The Labute approximate surface area is 146 Å². The van der Waals surface area contributed by atoms with Crippen LogP contribution >= 0.6 is 11.8 Å². The molecule has 1 atom stereocenters. The number of ether oxygens (including phenoxy) is 1. The number of esters is 1. The standard InChI is InChI=1S/C18H23NO4S/c1-2-23-16(20)13-15(17(21)14-9-5-3-6-10-14)24-18(22)19-11-7-4-8-12-19/h3,5-6,9-10,15H,2,4,7-8,11-13H2,1H3. The lowest BCUT2D eigenvalue weighted by atomic mass is 10.1. The van der Waals surface area contributed by atoms with Crippen LogP contribution in [0.15, 0.2) is 30.3 Å². The number of amides is 1. The van der Waals surface area contributed by atoms with Gasteiger partial charge in [-0.25, -0.2) is 0 Å². The fourth-order valence-corrected chi connectivity index (χ4v) is 3.66. The Morgan fingerprint density at radius 1 is 1.12 bits per heavy atom. The van der Waals surface area contributed by atoms with E-state index < -0.39 is 11.2 Å². The van der Waals surface area contributed by atoms with Gasteiger partial charge in [-0.2, -0.15) is 0 Å². The Bertz CT molecular complexity index is 570. The number of ketones is 1. The van der Waals surface area contributed by atoms with Crippen molar-refractivity contribution in [2.45, 2.75) is 37.9 Å². The molecule has 1 heterocycles. The van der Waals surface area contributed by atoms with Crippen molar-refractivity contribution in [3.8, 4) is 0 Å². The first-order chi connectivity index (χ1) is 11.6. The zero-order valence-electron chi connectivity index (χ0n) is 13.9. The van der Waals surface area contributed by atoms with Gasteiger partial charge in [0.2, 0.25) is 0 Å². The molecular weight excluding hydrogens is 326 g/mol. The quantitative estimate of drug-likeness (QED) is 0.581. The smallest absolute Gasteiger partial charge is 0.307 e. The third kappa shape index (κ3) is 5.37. The molecule has 1 saturated heterocycles. The molecule has 1 aliphatic heterocycles. The van der Waals surface area contributed by atoms with Gasteiger partial charge in [0.15, 0.2) is 5.78 Å². The molecule has 6 heteroatoms. The number of carbonyl (C=O) groups is 3. The molecular formula is C18H23NO4S. The molecule has 5 nitrogen and oxygen atoms in total. The number of nitrogens with zero attached hydrogens (tertiary/aromatic N) is 1. The normalized spacial score (nSPS) is 15.6. The topological polar surface area (TPSA) is 63.7 Å². The van der Waals surface area contributed by atoms with E-state index in [1.807, 2.05) is 6.07 Å². The zero-order chi connectivity index (χ0) is 17.4. The van der Waals surface area contributed by atoms with Gasteiger partial charge in [-0.3, -0.25) is 14.4 Å². The monoisotopic (exact) mass is 349 g/mol. The molecule has 1 unspecified atom stereocenters. The number of benzene rings is 1. The molecule has 0 N–H and O–H groups in total. The molecule has 1 aliphatic rings. The Kier molecular flexibility index (Phi) is 7.31. The van der Waals surface area contributed by atoms with Gasteiger partial charge in [-0.1, -0.05) is 42.1 Å². The van der Waals surface area contributed by atoms with Gasteiger partial charge in [-0.05, 0) is 26.2 Å². The van der Waals surface area contributed by atoms with Crippen LogP contribution in [0.25, 0.3) is 0 Å². The average molecular weight is 349 g/mol. The summed E-state index contributed by atoms with van der Waals surface area (Å²) < 4.78 is 4.96. The summed E-state index contributed by atoms with van der Waals surface area (Å²) in [5.41, 5.74) is 0.505. The van der Waals surface area contributed by atoms with Crippen LogP contribution in [0, 0.1) is 0 Å². The van der Waals surface area contributed by atoms with Crippen LogP contribution < -0.4 is 0 Å². The van der Waals surface area contributed by atoms with Crippen LogP contribution in [0.5, 0.6) is 0 Å². The van der Waals surface area contributed by atoms with E-state index in [4.69, 9.17) is 4.74 Å². The van der Waals surface area contributed by atoms with Crippen molar-refractivity contribution >= 4 is 28.8 Å². The largest absolute Gasteiger partial charge is 0.466 e. The second-order valence-electron chi connectivity index (χ2n) is 5.66. The summed E-state index contributed by atoms with van der Waals surface area (Å²) in [6.45, 7) is 3.42. The summed E-state index contributed by atoms with van der Waals surface area (Å²) in [7, 11) is 0. The fourth-order valence-electron chi connectivity index (χ4n) is 2.62. The molecule has 1 amide bonds. The predicted molar refractivity (Wildman–Crippen MR) is 94.2 cm³/mol. The first kappa shape index (κ1) is 18.5. The van der Waals surface area contributed by atoms with Gasteiger partial charge < -0.3 is 9.64 Å². The highest BCUT2D eigenvalue weighted by Crippen LogP contribution is 2.25. The molecule has 1 fully saturated rings. The maximum atomic E-state index is 12.7. The van der Waals surface area contributed by atoms with E-state index in [0.29, 0.717) is 5.56 Å². The van der Waals surface area contributed by atoms with Crippen molar-refractivity contribution < 1.29 is 19.1 Å². The van der Waals surface area contributed by atoms with Crippen LogP contribution in [0.2, 0.25) is 0 Å². The molecule has 2 rings (SSSR count). The van der Waals surface area contributed by atoms with Gasteiger partial charge >= 0.3 is 5.97 Å². The molecule has 130 valence electrons. The molecule has 0 saturated carbocycles. The molecule has 0 bridgehead atoms. The summed E-state index contributed by atoms with van der Waals surface area (Å²) in [5.74, 6) is -0.662. The van der Waals surface area contributed by atoms with Crippen molar-refractivity contribution in [3.05, 3.63) is 35.9 Å². The number of carbonyl (C=O) groups excluding carboxylic acids is 3. The van der Waals surface area contributed by atoms with Crippen LogP contribution in [0.1, 0.15) is 43.0 Å². The third-order valence-electron chi connectivity index (χ3n) is 3.87. The van der Waals surface area contributed by atoms with Crippen LogP contribution in [-0.2, 0) is 9.53 Å². The summed E-state index contributed by atoms with van der Waals surface area (Å²) >= 11 is 0.945. The number of hydrogen-bond donors (Lipinski definition) is 0. The van der Waals surface area contributed by atoms with Crippen LogP contribution in [0.4, 0.5) is 4.79 Å². The number of piperidine rings is 1. The summed E-state index contributed by atoms with van der Waals surface area (Å²) in [6, 6.07) is 8.76. The number of rotatable bonds is 6. The van der Waals surface area contributed by atoms with E-state index in [1.165, 1.54) is 0 Å². The lowest BCUT2D eigenvalue weighted by Gasteiger charge is -2.27. The number of likely N-dealkylation sites (tertiary alicyclic amines) is 1. The van der Waals surface area contributed by atoms with Gasteiger partial charge in [-0.15, -0.1) is 0 Å².